The van der Waals surface area contributed by atoms with Gasteiger partial charge >= 0.3 is 0 Å². The Hall–Kier alpha value is -2.06. The van der Waals surface area contributed by atoms with Gasteiger partial charge in [-0.25, -0.2) is 12.8 Å². The van der Waals surface area contributed by atoms with Crippen molar-refractivity contribution < 1.29 is 17.6 Å². The van der Waals surface area contributed by atoms with Crippen LogP contribution < -0.4 is 9.62 Å². The zero-order valence-electron chi connectivity index (χ0n) is 17.0. The van der Waals surface area contributed by atoms with Gasteiger partial charge in [-0.2, -0.15) is 11.8 Å². The van der Waals surface area contributed by atoms with Crippen molar-refractivity contribution in [3.63, 3.8) is 0 Å². The first-order chi connectivity index (χ1) is 14.4. The van der Waals surface area contributed by atoms with Crippen molar-refractivity contribution in [3.8, 4) is 0 Å². The fourth-order valence-electron chi connectivity index (χ4n) is 3.42. The van der Waals surface area contributed by atoms with Gasteiger partial charge in [-0.05, 0) is 56.2 Å². The van der Waals surface area contributed by atoms with Gasteiger partial charge in [-0.1, -0.05) is 30.5 Å². The van der Waals surface area contributed by atoms with E-state index in [-0.39, 0.29) is 23.0 Å². The molecule has 1 saturated carbocycles. The number of halogens is 1. The first-order valence-electron chi connectivity index (χ1n) is 10.1. The largest absolute Gasteiger partial charge is 0.354 e. The zero-order valence-corrected chi connectivity index (χ0v) is 18.6. The average Bonchev–Trinajstić information content (AvgIpc) is 3.24. The standard InChI is InChI=1S/C22H27FN2O3S2/c1-17-6-12-21(13-7-17)30(27,28)25(19-10-8-18(23)9-11-19)16-22(26)24-14-15-29-20-4-2-3-5-20/h6-13,20H,2-5,14-16H2,1H3,(H,24,26). The van der Waals surface area contributed by atoms with Crippen LogP contribution >= 0.6 is 11.8 Å². The molecular weight excluding hydrogens is 423 g/mol. The predicted molar refractivity (Wildman–Crippen MR) is 120 cm³/mol. The lowest BCUT2D eigenvalue weighted by molar-refractivity contribution is -0.119. The molecule has 0 unspecified atom stereocenters. The Kier molecular flexibility index (Phi) is 7.77. The summed E-state index contributed by atoms with van der Waals surface area (Å²) in [5, 5.41) is 3.48. The second-order valence-electron chi connectivity index (χ2n) is 7.43. The highest BCUT2D eigenvalue weighted by molar-refractivity contribution is 7.99. The topological polar surface area (TPSA) is 66.5 Å². The molecule has 0 bridgehead atoms. The van der Waals surface area contributed by atoms with Gasteiger partial charge in [0, 0.05) is 17.5 Å². The predicted octanol–water partition coefficient (Wildman–Crippen LogP) is 4.12. The van der Waals surface area contributed by atoms with Crippen LogP contribution in [0.5, 0.6) is 0 Å². The number of anilines is 1. The molecule has 0 spiro atoms. The van der Waals surface area contributed by atoms with Crippen molar-refractivity contribution >= 4 is 33.4 Å². The van der Waals surface area contributed by atoms with Crippen molar-refractivity contribution in [2.45, 2.75) is 42.8 Å². The van der Waals surface area contributed by atoms with Crippen molar-refractivity contribution in [2.24, 2.45) is 0 Å². The van der Waals surface area contributed by atoms with Crippen molar-refractivity contribution in [1.82, 2.24) is 5.32 Å². The van der Waals surface area contributed by atoms with Gasteiger partial charge in [-0.3, -0.25) is 9.10 Å². The van der Waals surface area contributed by atoms with E-state index in [0.717, 1.165) is 15.6 Å². The molecule has 0 saturated heterocycles. The zero-order chi connectivity index (χ0) is 21.6. The number of thioether (sulfide) groups is 1. The molecule has 2 aromatic rings. The highest BCUT2D eigenvalue weighted by atomic mass is 32.2. The Morgan fingerprint density at radius 2 is 1.73 bits per heavy atom. The molecule has 30 heavy (non-hydrogen) atoms. The number of carbonyl (C=O) groups is 1. The summed E-state index contributed by atoms with van der Waals surface area (Å²) in [4.78, 5) is 12.6. The number of aryl methyl sites for hydroxylation is 1. The number of benzene rings is 2. The van der Waals surface area contributed by atoms with Crippen LogP contribution in [0, 0.1) is 12.7 Å². The second kappa shape index (κ2) is 10.3. The molecule has 0 heterocycles. The van der Waals surface area contributed by atoms with Gasteiger partial charge in [0.25, 0.3) is 10.0 Å². The lowest BCUT2D eigenvalue weighted by Crippen LogP contribution is -2.41. The van der Waals surface area contributed by atoms with Gasteiger partial charge in [0.1, 0.15) is 12.4 Å². The summed E-state index contributed by atoms with van der Waals surface area (Å²) in [7, 11) is -3.98. The summed E-state index contributed by atoms with van der Waals surface area (Å²) in [6, 6.07) is 11.5. The van der Waals surface area contributed by atoms with E-state index in [9.17, 15) is 17.6 Å². The maximum atomic E-state index is 13.4. The molecule has 1 amide bonds. The summed E-state index contributed by atoms with van der Waals surface area (Å²) in [5.74, 6) is -0.0562. The normalized spacial score (nSPS) is 14.6. The molecule has 1 aliphatic rings. The lowest BCUT2D eigenvalue weighted by Gasteiger charge is -2.24. The third-order valence-electron chi connectivity index (χ3n) is 5.09. The molecular formula is C22H27FN2O3S2. The Bertz CT molecular complexity index is 941. The Balaban J connectivity index is 1.70. The van der Waals surface area contributed by atoms with E-state index in [2.05, 4.69) is 5.32 Å². The monoisotopic (exact) mass is 450 g/mol. The summed E-state index contributed by atoms with van der Waals surface area (Å²) in [6.45, 7) is 1.99. The average molecular weight is 451 g/mol. The smallest absolute Gasteiger partial charge is 0.264 e. The Morgan fingerprint density at radius 1 is 1.10 bits per heavy atom. The van der Waals surface area contributed by atoms with Gasteiger partial charge in [0.15, 0.2) is 0 Å². The van der Waals surface area contributed by atoms with E-state index in [4.69, 9.17) is 0 Å². The van der Waals surface area contributed by atoms with Crippen LogP contribution in [0.15, 0.2) is 53.4 Å². The number of amides is 1. The molecule has 1 fully saturated rings. The molecule has 0 atom stereocenters. The molecule has 162 valence electrons. The third-order valence-corrected chi connectivity index (χ3v) is 8.26. The van der Waals surface area contributed by atoms with E-state index < -0.39 is 15.8 Å². The molecule has 0 radical (unpaired) electrons. The number of nitrogens with one attached hydrogen (secondary N) is 1. The van der Waals surface area contributed by atoms with Crippen molar-refractivity contribution in [2.75, 3.05) is 23.1 Å². The van der Waals surface area contributed by atoms with E-state index in [1.54, 1.807) is 12.1 Å². The van der Waals surface area contributed by atoms with E-state index in [0.29, 0.717) is 11.8 Å². The summed E-state index contributed by atoms with van der Waals surface area (Å²) in [6.07, 6.45) is 5.00. The first kappa shape index (κ1) is 22.6. The van der Waals surface area contributed by atoms with Crippen molar-refractivity contribution in [1.29, 1.82) is 0 Å². The first-order valence-corrected chi connectivity index (χ1v) is 12.6. The van der Waals surface area contributed by atoms with Crippen LogP contribution in [0.3, 0.4) is 0 Å². The molecule has 1 aliphatic carbocycles. The second-order valence-corrected chi connectivity index (χ2v) is 10.7. The van der Waals surface area contributed by atoms with E-state index in [1.807, 2.05) is 18.7 Å². The maximum absolute atomic E-state index is 13.4. The Morgan fingerprint density at radius 3 is 2.37 bits per heavy atom. The Labute approximate surface area is 182 Å². The number of hydrogen-bond donors (Lipinski definition) is 1. The minimum atomic E-state index is -3.98. The fourth-order valence-corrected chi connectivity index (χ4v) is 6.06. The van der Waals surface area contributed by atoms with Crippen molar-refractivity contribution in [3.05, 3.63) is 59.9 Å². The minimum absolute atomic E-state index is 0.0852. The number of carbonyl (C=O) groups excluding carboxylic acids is 1. The molecule has 8 heteroatoms. The number of hydrogen-bond acceptors (Lipinski definition) is 4. The molecule has 0 aromatic heterocycles. The van der Waals surface area contributed by atoms with Gasteiger partial charge in [0.2, 0.25) is 5.91 Å². The molecule has 0 aliphatic heterocycles. The van der Waals surface area contributed by atoms with Crippen LogP contribution in [0.4, 0.5) is 10.1 Å². The quantitative estimate of drug-likeness (QED) is 0.584. The number of rotatable bonds is 9. The van der Waals surface area contributed by atoms with Crippen LogP contribution in [0.25, 0.3) is 0 Å². The van der Waals surface area contributed by atoms with Crippen LogP contribution in [-0.2, 0) is 14.8 Å². The highest BCUT2D eigenvalue weighted by Crippen LogP contribution is 2.29. The van der Waals surface area contributed by atoms with Crippen LogP contribution in [-0.4, -0.2) is 38.4 Å². The minimum Gasteiger partial charge on any atom is -0.354 e. The van der Waals surface area contributed by atoms with Gasteiger partial charge in [0.05, 0.1) is 10.6 Å². The summed E-state index contributed by atoms with van der Waals surface area (Å²) >= 11 is 1.86. The molecule has 3 rings (SSSR count). The fraction of sp³-hybridized carbons (Fsp3) is 0.409. The highest BCUT2D eigenvalue weighted by Gasteiger charge is 2.27. The lowest BCUT2D eigenvalue weighted by atomic mass is 10.2. The summed E-state index contributed by atoms with van der Waals surface area (Å²) in [5.41, 5.74) is 1.17. The van der Waals surface area contributed by atoms with E-state index in [1.165, 1.54) is 62.1 Å². The number of sulfonamides is 1. The molecule has 2 aromatic carbocycles. The van der Waals surface area contributed by atoms with Crippen LogP contribution in [0.2, 0.25) is 0 Å². The molecule has 5 nitrogen and oxygen atoms in total. The number of nitrogens with zero attached hydrogens (tertiary/aromatic N) is 1. The van der Waals surface area contributed by atoms with Crippen LogP contribution in [0.1, 0.15) is 31.2 Å². The van der Waals surface area contributed by atoms with Gasteiger partial charge < -0.3 is 5.32 Å². The van der Waals surface area contributed by atoms with E-state index >= 15 is 0 Å². The third kappa shape index (κ3) is 5.98. The molecule has 1 N–H and O–H groups in total. The maximum Gasteiger partial charge on any atom is 0.264 e. The van der Waals surface area contributed by atoms with Gasteiger partial charge in [-0.15, -0.1) is 0 Å². The SMILES string of the molecule is Cc1ccc(S(=O)(=O)N(CC(=O)NCCSC2CCCC2)c2ccc(F)cc2)cc1. The summed E-state index contributed by atoms with van der Waals surface area (Å²) < 4.78 is 40.8.